The van der Waals surface area contributed by atoms with E-state index in [1.165, 1.54) is 24.3 Å². The van der Waals surface area contributed by atoms with Crippen LogP contribution in [0.5, 0.6) is 0 Å². The lowest BCUT2D eigenvalue weighted by molar-refractivity contribution is -0.384. The first kappa shape index (κ1) is 19.6. The van der Waals surface area contributed by atoms with Crippen LogP contribution in [0.2, 0.25) is 0 Å². The molecule has 0 aliphatic carbocycles. The lowest BCUT2D eigenvalue weighted by atomic mass is 10.2. The fourth-order valence-electron chi connectivity index (χ4n) is 2.56. The van der Waals surface area contributed by atoms with E-state index in [2.05, 4.69) is 15.2 Å². The summed E-state index contributed by atoms with van der Waals surface area (Å²) in [4.78, 5) is 26.6. The van der Waals surface area contributed by atoms with Crippen molar-refractivity contribution in [2.45, 2.75) is 18.3 Å². The van der Waals surface area contributed by atoms with Gasteiger partial charge in [-0.3, -0.25) is 14.9 Å². The van der Waals surface area contributed by atoms with Gasteiger partial charge in [-0.1, -0.05) is 23.9 Å². The van der Waals surface area contributed by atoms with Gasteiger partial charge in [-0.05, 0) is 31.2 Å². The molecule has 152 valence electrons. The molecule has 0 saturated carbocycles. The van der Waals surface area contributed by atoms with Crippen LogP contribution in [0.4, 0.5) is 5.69 Å². The Morgan fingerprint density at radius 3 is 2.67 bits per heavy atom. The number of nitrogens with zero attached hydrogens (tertiary/aromatic N) is 4. The molecule has 0 aliphatic heterocycles. The molecular formula is C19H14N4O6S. The number of aromatic nitrogens is 3. The van der Waals surface area contributed by atoms with E-state index in [-0.39, 0.29) is 23.2 Å². The number of nitro groups is 1. The average molecular weight is 426 g/mol. The second-order valence-corrected chi connectivity index (χ2v) is 7.04. The number of hydrogen-bond acceptors (Lipinski definition) is 10. The standard InChI is InChI=1S/C19H14N4O6S/c1-11(17-21-22-18(29-17)12-6-8-13(9-7-12)23(25)26)27-16(24)10-30-19-20-14-4-2-3-5-15(14)28-19/h2-9,11H,10H2,1H3. The molecule has 0 saturated heterocycles. The molecule has 0 N–H and O–H groups in total. The molecule has 0 radical (unpaired) electrons. The van der Waals surface area contributed by atoms with Crippen molar-refractivity contribution in [3.05, 3.63) is 64.5 Å². The zero-order chi connectivity index (χ0) is 21.1. The van der Waals surface area contributed by atoms with Gasteiger partial charge in [0.25, 0.3) is 16.8 Å². The number of fused-ring (bicyclic) bond motifs is 1. The third-order valence-electron chi connectivity index (χ3n) is 4.01. The highest BCUT2D eigenvalue weighted by Crippen LogP contribution is 2.26. The van der Waals surface area contributed by atoms with Crippen molar-refractivity contribution in [1.29, 1.82) is 0 Å². The molecule has 2 aromatic heterocycles. The van der Waals surface area contributed by atoms with Crippen molar-refractivity contribution in [1.82, 2.24) is 15.2 Å². The summed E-state index contributed by atoms with van der Waals surface area (Å²) in [5, 5.41) is 18.9. The van der Waals surface area contributed by atoms with E-state index in [0.29, 0.717) is 21.9 Å². The van der Waals surface area contributed by atoms with Gasteiger partial charge < -0.3 is 13.6 Å². The third kappa shape index (κ3) is 4.30. The molecule has 11 heteroatoms. The molecular weight excluding hydrogens is 412 g/mol. The number of oxazole rings is 1. The van der Waals surface area contributed by atoms with Crippen LogP contribution in [0.25, 0.3) is 22.6 Å². The quantitative estimate of drug-likeness (QED) is 0.183. The van der Waals surface area contributed by atoms with Crippen LogP contribution in [-0.2, 0) is 9.53 Å². The predicted molar refractivity (Wildman–Crippen MR) is 106 cm³/mol. The summed E-state index contributed by atoms with van der Waals surface area (Å²) in [5.74, 6) is -0.211. The minimum atomic E-state index is -0.763. The fourth-order valence-corrected chi connectivity index (χ4v) is 3.18. The van der Waals surface area contributed by atoms with Gasteiger partial charge in [-0.25, -0.2) is 4.98 Å². The number of benzene rings is 2. The Morgan fingerprint density at radius 1 is 1.17 bits per heavy atom. The smallest absolute Gasteiger partial charge is 0.317 e. The fraction of sp³-hybridized carbons (Fsp3) is 0.158. The Labute approximate surface area is 173 Å². The van der Waals surface area contributed by atoms with E-state index in [1.807, 2.05) is 18.2 Å². The maximum Gasteiger partial charge on any atom is 0.317 e. The molecule has 2 heterocycles. The zero-order valence-corrected chi connectivity index (χ0v) is 16.4. The van der Waals surface area contributed by atoms with Gasteiger partial charge in [0, 0.05) is 17.7 Å². The van der Waals surface area contributed by atoms with E-state index in [9.17, 15) is 14.9 Å². The van der Waals surface area contributed by atoms with Crippen LogP contribution in [0.1, 0.15) is 18.9 Å². The normalized spacial score (nSPS) is 12.0. The topological polar surface area (TPSA) is 134 Å². The summed E-state index contributed by atoms with van der Waals surface area (Å²) in [6.45, 7) is 1.61. The molecule has 1 atom stereocenters. The van der Waals surface area contributed by atoms with Gasteiger partial charge >= 0.3 is 5.97 Å². The highest BCUT2D eigenvalue weighted by molar-refractivity contribution is 7.99. The van der Waals surface area contributed by atoms with Crippen LogP contribution in [0, 0.1) is 10.1 Å². The number of thioether (sulfide) groups is 1. The summed E-state index contributed by atoms with van der Waals surface area (Å²) >= 11 is 1.12. The van der Waals surface area contributed by atoms with Crippen molar-refractivity contribution >= 4 is 34.5 Å². The molecule has 30 heavy (non-hydrogen) atoms. The zero-order valence-electron chi connectivity index (χ0n) is 15.5. The monoisotopic (exact) mass is 426 g/mol. The van der Waals surface area contributed by atoms with E-state index in [0.717, 1.165) is 11.8 Å². The molecule has 0 bridgehead atoms. The first-order valence-electron chi connectivity index (χ1n) is 8.75. The second-order valence-electron chi connectivity index (χ2n) is 6.12. The van der Waals surface area contributed by atoms with Crippen molar-refractivity contribution in [3.63, 3.8) is 0 Å². The van der Waals surface area contributed by atoms with E-state index >= 15 is 0 Å². The number of rotatable bonds is 7. The van der Waals surface area contributed by atoms with E-state index in [4.69, 9.17) is 13.6 Å². The predicted octanol–water partition coefficient (Wildman–Crippen LogP) is 4.18. The summed E-state index contributed by atoms with van der Waals surface area (Å²) in [5.41, 5.74) is 1.83. The van der Waals surface area contributed by atoms with Crippen LogP contribution in [-0.4, -0.2) is 31.8 Å². The highest BCUT2D eigenvalue weighted by atomic mass is 32.2. The summed E-state index contributed by atoms with van der Waals surface area (Å²) in [6.07, 6.45) is -0.763. The first-order valence-corrected chi connectivity index (χ1v) is 9.74. The van der Waals surface area contributed by atoms with Gasteiger partial charge in [0.2, 0.25) is 5.89 Å². The Kier molecular flexibility index (Phi) is 5.44. The maximum absolute atomic E-state index is 12.1. The second kappa shape index (κ2) is 8.33. The number of nitro benzene ring substituents is 1. The molecule has 0 aliphatic rings. The van der Waals surface area contributed by atoms with E-state index in [1.54, 1.807) is 13.0 Å². The van der Waals surface area contributed by atoms with Crippen LogP contribution in [0.15, 0.2) is 62.6 Å². The number of para-hydroxylation sites is 2. The van der Waals surface area contributed by atoms with Crippen molar-refractivity contribution < 1.29 is 23.3 Å². The van der Waals surface area contributed by atoms with Crippen LogP contribution < -0.4 is 0 Å². The molecule has 1 unspecified atom stereocenters. The third-order valence-corrected chi connectivity index (χ3v) is 4.81. The molecule has 0 fully saturated rings. The minimum Gasteiger partial charge on any atom is -0.452 e. The van der Waals surface area contributed by atoms with Crippen LogP contribution >= 0.6 is 11.8 Å². The molecule has 10 nitrogen and oxygen atoms in total. The molecule has 0 amide bonds. The van der Waals surface area contributed by atoms with E-state index < -0.39 is 17.0 Å². The summed E-state index contributed by atoms with van der Waals surface area (Å²) < 4.78 is 16.4. The Hall–Kier alpha value is -3.73. The van der Waals surface area contributed by atoms with Gasteiger partial charge in [0.15, 0.2) is 11.7 Å². The van der Waals surface area contributed by atoms with Gasteiger partial charge in [0.05, 0.1) is 4.92 Å². The van der Waals surface area contributed by atoms with Crippen molar-refractivity contribution in [2.24, 2.45) is 0 Å². The molecule has 0 spiro atoms. The lowest BCUT2D eigenvalue weighted by Crippen LogP contribution is -2.11. The number of non-ortho nitro benzene ring substituents is 1. The van der Waals surface area contributed by atoms with Crippen molar-refractivity contribution in [3.8, 4) is 11.5 Å². The minimum absolute atomic E-state index is 0.000505. The Bertz CT molecular complexity index is 1170. The van der Waals surface area contributed by atoms with Gasteiger partial charge in [0.1, 0.15) is 11.3 Å². The highest BCUT2D eigenvalue weighted by Gasteiger charge is 2.20. The largest absolute Gasteiger partial charge is 0.452 e. The average Bonchev–Trinajstić information content (AvgIpc) is 3.39. The molecule has 4 aromatic rings. The summed E-state index contributed by atoms with van der Waals surface area (Å²) in [7, 11) is 0. The number of hydrogen-bond donors (Lipinski definition) is 0. The van der Waals surface area contributed by atoms with Crippen LogP contribution in [0.3, 0.4) is 0 Å². The maximum atomic E-state index is 12.1. The Morgan fingerprint density at radius 2 is 1.93 bits per heavy atom. The lowest BCUT2D eigenvalue weighted by Gasteiger charge is -2.08. The number of carbonyl (C=O) groups excluding carboxylic acids is 1. The van der Waals surface area contributed by atoms with Gasteiger partial charge in [-0.15, -0.1) is 10.2 Å². The SMILES string of the molecule is CC(OC(=O)CSc1nc2ccccc2o1)c1nnc(-c2ccc([N+](=O)[O-])cc2)o1. The van der Waals surface area contributed by atoms with Crippen molar-refractivity contribution in [2.75, 3.05) is 5.75 Å². The molecule has 4 rings (SSSR count). The Balaban J connectivity index is 1.34. The number of ether oxygens (including phenoxy) is 1. The molecule has 2 aromatic carbocycles. The van der Waals surface area contributed by atoms with Gasteiger partial charge in [-0.2, -0.15) is 0 Å². The number of esters is 1. The summed E-state index contributed by atoms with van der Waals surface area (Å²) in [6, 6.07) is 13.0. The first-order chi connectivity index (χ1) is 14.5. The number of carbonyl (C=O) groups is 1.